The summed E-state index contributed by atoms with van der Waals surface area (Å²) < 4.78 is 10.8. The van der Waals surface area contributed by atoms with Gasteiger partial charge in [-0.2, -0.15) is 9.78 Å². The molecule has 0 amide bonds. The van der Waals surface area contributed by atoms with Gasteiger partial charge in [0.2, 0.25) is 5.82 Å². The third-order valence-corrected chi connectivity index (χ3v) is 4.70. The molecular weight excluding hydrogens is 434 g/mol. The highest BCUT2D eigenvalue weighted by atomic mass is 79.9. The molecule has 0 fully saturated rings. The summed E-state index contributed by atoms with van der Waals surface area (Å²) in [6, 6.07) is 3.49. The number of nitrogens with zero attached hydrogens (tertiary/aromatic N) is 9. The molecule has 0 bridgehead atoms. The second-order valence-corrected chi connectivity index (χ2v) is 6.83. The van der Waals surface area contributed by atoms with E-state index in [1.165, 1.54) is 10.9 Å². The number of rotatable bonds is 4. The Morgan fingerprint density at radius 3 is 2.93 bits per heavy atom. The van der Waals surface area contributed by atoms with Crippen LogP contribution in [0.2, 0.25) is 0 Å². The molecule has 5 aromatic rings. The highest BCUT2D eigenvalue weighted by Crippen LogP contribution is 2.25. The molecule has 0 aliphatic heterocycles. The Morgan fingerprint density at radius 1 is 1.29 bits per heavy atom. The van der Waals surface area contributed by atoms with Crippen LogP contribution in [0.25, 0.3) is 28.3 Å². The van der Waals surface area contributed by atoms with Gasteiger partial charge >= 0.3 is 5.82 Å². The van der Waals surface area contributed by atoms with Crippen molar-refractivity contribution in [2.24, 2.45) is 7.05 Å². The average molecular weight is 444 g/mol. The van der Waals surface area contributed by atoms with E-state index >= 15 is 0 Å². The normalized spacial score (nSPS) is 11.6. The number of aromatic nitrogens is 8. The van der Waals surface area contributed by atoms with Crippen molar-refractivity contribution >= 4 is 38.4 Å². The van der Waals surface area contributed by atoms with Crippen LogP contribution in [-0.2, 0) is 13.6 Å². The van der Waals surface area contributed by atoms with Gasteiger partial charge in [0.1, 0.15) is 23.1 Å². The van der Waals surface area contributed by atoms with Crippen molar-refractivity contribution in [2.75, 3.05) is 0 Å². The smallest absolute Gasteiger partial charge is 0.404 e. The lowest BCUT2D eigenvalue weighted by atomic mass is 10.4. The third-order valence-electron chi connectivity index (χ3n) is 4.14. The quantitative estimate of drug-likeness (QED) is 0.304. The molecule has 5 rings (SSSR count). The van der Waals surface area contributed by atoms with E-state index in [1.807, 2.05) is 0 Å². The molecule has 0 aromatic carbocycles. The van der Waals surface area contributed by atoms with Gasteiger partial charge in [0.05, 0.1) is 22.9 Å². The molecule has 0 spiro atoms. The van der Waals surface area contributed by atoms with Crippen LogP contribution >= 0.6 is 15.9 Å². The van der Waals surface area contributed by atoms with Crippen LogP contribution in [0.4, 0.5) is 5.82 Å². The van der Waals surface area contributed by atoms with E-state index in [0.717, 1.165) is 5.39 Å². The van der Waals surface area contributed by atoms with E-state index in [1.54, 1.807) is 40.9 Å². The summed E-state index contributed by atoms with van der Waals surface area (Å²) in [4.78, 5) is 19.2. The first kappa shape index (κ1) is 16.6. The first-order valence-corrected chi connectivity index (χ1v) is 8.78. The maximum Gasteiger partial charge on any atom is 0.404 e. The molecule has 0 aliphatic carbocycles. The maximum absolute atomic E-state index is 10.9. The Kier molecular flexibility index (Phi) is 3.52. The summed E-state index contributed by atoms with van der Waals surface area (Å²) >= 11 is 3.12. The van der Waals surface area contributed by atoms with Gasteiger partial charge in [-0.05, 0) is 33.0 Å². The molecular formula is C15H10BrN9O3. The molecule has 5 aromatic heterocycles. The Balaban J connectivity index is 1.48. The minimum Gasteiger partial charge on any atom is -0.456 e. The lowest BCUT2D eigenvalue weighted by molar-refractivity contribution is -0.390. The van der Waals surface area contributed by atoms with Crippen LogP contribution in [0.1, 0.15) is 5.76 Å². The van der Waals surface area contributed by atoms with E-state index < -0.39 is 4.92 Å². The van der Waals surface area contributed by atoms with Crippen molar-refractivity contribution in [3.8, 4) is 11.6 Å². The SMILES string of the molecule is Cn1ncc2c1ncn1nc(-c3ccc(Cn4cc(Br)c([N+](=O)[O-])n4)o3)nc21. The molecule has 0 unspecified atom stereocenters. The molecule has 12 nitrogen and oxygen atoms in total. The number of aryl methyl sites for hydroxylation is 1. The van der Waals surface area contributed by atoms with Gasteiger partial charge in [-0.25, -0.2) is 14.5 Å². The Bertz CT molecular complexity index is 1360. The predicted molar refractivity (Wildman–Crippen MR) is 98.4 cm³/mol. The van der Waals surface area contributed by atoms with Gasteiger partial charge in [-0.15, -0.1) is 5.10 Å². The van der Waals surface area contributed by atoms with Crippen LogP contribution in [0.5, 0.6) is 0 Å². The predicted octanol–water partition coefficient (Wildman–Crippen LogP) is 2.19. The number of nitro groups is 1. The fourth-order valence-electron chi connectivity index (χ4n) is 2.88. The fourth-order valence-corrected chi connectivity index (χ4v) is 3.34. The fraction of sp³-hybridized carbons (Fsp3) is 0.133. The van der Waals surface area contributed by atoms with Gasteiger partial charge in [-0.1, -0.05) is 0 Å². The zero-order chi connectivity index (χ0) is 19.4. The molecule has 0 saturated carbocycles. The lowest BCUT2D eigenvalue weighted by Crippen LogP contribution is -2.00. The Hall–Kier alpha value is -3.61. The van der Waals surface area contributed by atoms with E-state index in [-0.39, 0.29) is 12.4 Å². The van der Waals surface area contributed by atoms with Gasteiger partial charge in [0.25, 0.3) is 0 Å². The van der Waals surface area contributed by atoms with Crippen LogP contribution in [0.3, 0.4) is 0 Å². The van der Waals surface area contributed by atoms with Crippen LogP contribution in [0, 0.1) is 10.1 Å². The Morgan fingerprint density at radius 2 is 2.14 bits per heavy atom. The molecule has 0 saturated heterocycles. The topological polar surface area (TPSA) is 135 Å². The molecule has 140 valence electrons. The lowest BCUT2D eigenvalue weighted by Gasteiger charge is -1.93. The maximum atomic E-state index is 10.9. The summed E-state index contributed by atoms with van der Waals surface area (Å²) in [7, 11) is 1.81. The second kappa shape index (κ2) is 5.95. The van der Waals surface area contributed by atoms with Gasteiger partial charge in [-0.3, -0.25) is 4.68 Å². The van der Waals surface area contributed by atoms with Gasteiger partial charge in [0, 0.05) is 7.05 Å². The first-order chi connectivity index (χ1) is 13.5. The highest BCUT2D eigenvalue weighted by Gasteiger charge is 2.20. The standard InChI is InChI=1S/C15H10BrN9O3/c1-22-13-9(4-18-22)14-19-12(20-24(14)7-17-13)11-3-2-8(28-11)5-23-6-10(16)15(21-23)25(26)27/h2-4,6-7H,5H2,1H3. The van der Waals surface area contributed by atoms with E-state index in [2.05, 4.69) is 41.2 Å². The van der Waals surface area contributed by atoms with Crippen LogP contribution in [-0.4, -0.2) is 44.1 Å². The summed E-state index contributed by atoms with van der Waals surface area (Å²) in [5.41, 5.74) is 1.33. The van der Waals surface area contributed by atoms with E-state index in [9.17, 15) is 10.1 Å². The number of halogens is 1. The minimum atomic E-state index is -0.554. The van der Waals surface area contributed by atoms with E-state index in [4.69, 9.17) is 4.42 Å². The van der Waals surface area contributed by atoms with Crippen molar-refractivity contribution in [1.82, 2.24) is 39.1 Å². The van der Waals surface area contributed by atoms with Crippen molar-refractivity contribution in [1.29, 1.82) is 0 Å². The summed E-state index contributed by atoms with van der Waals surface area (Å²) in [6.45, 7) is 0.230. The van der Waals surface area contributed by atoms with Crippen LogP contribution in [0.15, 0.2) is 39.7 Å². The van der Waals surface area contributed by atoms with Gasteiger partial charge < -0.3 is 14.5 Å². The molecule has 0 aliphatic rings. The Labute approximate surface area is 163 Å². The second-order valence-electron chi connectivity index (χ2n) is 5.97. The molecule has 28 heavy (non-hydrogen) atoms. The summed E-state index contributed by atoms with van der Waals surface area (Å²) in [6.07, 6.45) is 4.78. The monoisotopic (exact) mass is 443 g/mol. The highest BCUT2D eigenvalue weighted by molar-refractivity contribution is 9.10. The van der Waals surface area contributed by atoms with Crippen molar-refractivity contribution in [3.05, 3.63) is 51.2 Å². The molecule has 13 heteroatoms. The molecule has 0 N–H and O–H groups in total. The van der Waals surface area contributed by atoms with Crippen molar-refractivity contribution in [2.45, 2.75) is 6.54 Å². The molecule has 5 heterocycles. The van der Waals surface area contributed by atoms with E-state index in [0.29, 0.717) is 33.1 Å². The number of fused-ring (bicyclic) bond motifs is 3. The van der Waals surface area contributed by atoms with Crippen molar-refractivity contribution in [3.63, 3.8) is 0 Å². The average Bonchev–Trinajstić information content (AvgIpc) is 3.40. The van der Waals surface area contributed by atoms with Crippen molar-refractivity contribution < 1.29 is 9.34 Å². The van der Waals surface area contributed by atoms with Crippen LogP contribution < -0.4 is 0 Å². The summed E-state index contributed by atoms with van der Waals surface area (Å²) in [5.74, 6) is 1.18. The number of furan rings is 1. The first-order valence-electron chi connectivity index (χ1n) is 7.99. The largest absolute Gasteiger partial charge is 0.456 e. The zero-order valence-corrected chi connectivity index (χ0v) is 15.8. The number of hydrogen-bond acceptors (Lipinski definition) is 8. The summed E-state index contributed by atoms with van der Waals surface area (Å²) in [5, 5.41) is 24.2. The minimum absolute atomic E-state index is 0.230. The molecule has 0 radical (unpaired) electrons. The third kappa shape index (κ3) is 2.55. The zero-order valence-electron chi connectivity index (χ0n) is 14.2. The van der Waals surface area contributed by atoms with Gasteiger partial charge in [0.15, 0.2) is 17.1 Å². The number of hydrogen-bond donors (Lipinski definition) is 0. The molecule has 0 atom stereocenters.